The van der Waals surface area contributed by atoms with Crippen molar-refractivity contribution in [1.82, 2.24) is 0 Å². The number of nitrogens with one attached hydrogen (secondary N) is 1. The predicted molar refractivity (Wildman–Crippen MR) is 101 cm³/mol. The zero-order valence-corrected chi connectivity index (χ0v) is 14.8. The van der Waals surface area contributed by atoms with Crippen LogP contribution in [0.3, 0.4) is 0 Å². The monoisotopic (exact) mass is 358 g/mol. The van der Waals surface area contributed by atoms with E-state index < -0.39 is 10.0 Å². The van der Waals surface area contributed by atoms with Gasteiger partial charge >= 0.3 is 0 Å². The van der Waals surface area contributed by atoms with E-state index in [0.29, 0.717) is 9.90 Å². The Bertz CT molecular complexity index is 875. The molecule has 0 radical (unpaired) electrons. The van der Waals surface area contributed by atoms with Crippen molar-refractivity contribution in [2.24, 2.45) is 0 Å². The molecule has 0 aliphatic carbocycles. The first-order valence-corrected chi connectivity index (χ1v) is 9.95. The standard InChI is InChI=1S/C18H18N2O2S2/c1-2-20(16-7-4-3-5-8-16)17-12-10-15(11-13-17)19-24(21,22)18-9-6-14-23-18/h3-14,19H,2H2,1H3. The lowest BCUT2D eigenvalue weighted by Crippen LogP contribution is -2.16. The summed E-state index contributed by atoms with van der Waals surface area (Å²) in [6, 6.07) is 20.8. The first-order chi connectivity index (χ1) is 11.6. The molecule has 0 unspecified atom stereocenters. The Labute approximate surface area is 146 Å². The maximum atomic E-state index is 12.2. The van der Waals surface area contributed by atoms with Gasteiger partial charge in [-0.15, -0.1) is 11.3 Å². The van der Waals surface area contributed by atoms with Gasteiger partial charge in [0.15, 0.2) is 0 Å². The number of anilines is 3. The average Bonchev–Trinajstić information content (AvgIpc) is 3.13. The van der Waals surface area contributed by atoms with Gasteiger partial charge in [0, 0.05) is 23.6 Å². The van der Waals surface area contributed by atoms with Gasteiger partial charge in [-0.1, -0.05) is 24.3 Å². The van der Waals surface area contributed by atoms with E-state index in [4.69, 9.17) is 0 Å². The molecule has 3 rings (SSSR count). The molecule has 0 aliphatic rings. The highest BCUT2D eigenvalue weighted by molar-refractivity contribution is 7.94. The first kappa shape index (κ1) is 16.5. The molecule has 1 N–H and O–H groups in total. The quantitative estimate of drug-likeness (QED) is 0.694. The molecule has 0 spiro atoms. The smallest absolute Gasteiger partial charge is 0.271 e. The van der Waals surface area contributed by atoms with E-state index >= 15 is 0 Å². The van der Waals surface area contributed by atoms with E-state index in [0.717, 1.165) is 17.9 Å². The van der Waals surface area contributed by atoms with E-state index in [1.165, 1.54) is 11.3 Å². The van der Waals surface area contributed by atoms with Crippen LogP contribution >= 0.6 is 11.3 Å². The second kappa shape index (κ2) is 7.07. The molecule has 0 amide bonds. The zero-order chi connectivity index (χ0) is 17.0. The molecular formula is C18H18N2O2S2. The highest BCUT2D eigenvalue weighted by atomic mass is 32.2. The van der Waals surface area contributed by atoms with Crippen molar-refractivity contribution >= 4 is 38.4 Å². The zero-order valence-electron chi connectivity index (χ0n) is 13.2. The molecule has 124 valence electrons. The Morgan fingerprint density at radius 2 is 1.58 bits per heavy atom. The van der Waals surface area contributed by atoms with E-state index in [1.807, 2.05) is 30.3 Å². The van der Waals surface area contributed by atoms with E-state index in [-0.39, 0.29) is 0 Å². The summed E-state index contributed by atoms with van der Waals surface area (Å²) in [6.45, 7) is 2.91. The van der Waals surface area contributed by atoms with Crippen LogP contribution in [0.2, 0.25) is 0 Å². The Morgan fingerprint density at radius 3 is 2.17 bits per heavy atom. The Morgan fingerprint density at radius 1 is 0.917 bits per heavy atom. The van der Waals surface area contributed by atoms with Crippen LogP contribution in [-0.2, 0) is 10.0 Å². The van der Waals surface area contributed by atoms with Crippen LogP contribution in [0.1, 0.15) is 6.92 Å². The van der Waals surface area contributed by atoms with Gasteiger partial charge in [0.05, 0.1) is 0 Å². The van der Waals surface area contributed by atoms with E-state index in [9.17, 15) is 8.42 Å². The van der Waals surface area contributed by atoms with Crippen molar-refractivity contribution in [2.75, 3.05) is 16.2 Å². The summed E-state index contributed by atoms with van der Waals surface area (Å²) in [7, 11) is -3.51. The number of para-hydroxylation sites is 1. The van der Waals surface area contributed by atoms with Gasteiger partial charge in [-0.25, -0.2) is 8.42 Å². The fourth-order valence-corrected chi connectivity index (χ4v) is 4.50. The Balaban J connectivity index is 1.81. The summed E-state index contributed by atoms with van der Waals surface area (Å²) in [6.07, 6.45) is 0. The highest BCUT2D eigenvalue weighted by Gasteiger charge is 2.15. The fraction of sp³-hybridized carbons (Fsp3) is 0.111. The molecule has 2 aromatic carbocycles. The lowest BCUT2D eigenvalue weighted by atomic mass is 10.2. The van der Waals surface area contributed by atoms with Crippen molar-refractivity contribution in [2.45, 2.75) is 11.1 Å². The molecule has 1 aromatic heterocycles. The van der Waals surface area contributed by atoms with Gasteiger partial charge in [0.2, 0.25) is 0 Å². The van der Waals surface area contributed by atoms with Crippen LogP contribution < -0.4 is 9.62 Å². The van der Waals surface area contributed by atoms with Crippen molar-refractivity contribution in [3.8, 4) is 0 Å². The molecule has 24 heavy (non-hydrogen) atoms. The molecule has 1 heterocycles. The first-order valence-electron chi connectivity index (χ1n) is 7.59. The molecule has 0 saturated carbocycles. The van der Waals surface area contributed by atoms with Crippen LogP contribution in [0.25, 0.3) is 0 Å². The number of rotatable bonds is 6. The maximum Gasteiger partial charge on any atom is 0.271 e. The van der Waals surface area contributed by atoms with Crippen molar-refractivity contribution in [3.63, 3.8) is 0 Å². The Kier molecular flexibility index (Phi) is 4.87. The predicted octanol–water partition coefficient (Wildman–Crippen LogP) is 4.71. The molecule has 4 nitrogen and oxygen atoms in total. The maximum absolute atomic E-state index is 12.2. The molecule has 0 saturated heterocycles. The van der Waals surface area contributed by atoms with Crippen LogP contribution in [0.4, 0.5) is 17.1 Å². The summed E-state index contributed by atoms with van der Waals surface area (Å²) < 4.78 is 27.4. The lowest BCUT2D eigenvalue weighted by molar-refractivity contribution is 0.603. The minimum absolute atomic E-state index is 0.311. The van der Waals surface area contributed by atoms with Gasteiger partial charge in [0.1, 0.15) is 4.21 Å². The number of hydrogen-bond acceptors (Lipinski definition) is 4. The summed E-state index contributed by atoms with van der Waals surface area (Å²) in [5, 5.41) is 1.75. The number of nitrogens with zero attached hydrogens (tertiary/aromatic N) is 1. The van der Waals surface area contributed by atoms with E-state index in [2.05, 4.69) is 28.7 Å². The molecule has 0 bridgehead atoms. The molecule has 3 aromatic rings. The number of sulfonamides is 1. The SMILES string of the molecule is CCN(c1ccccc1)c1ccc(NS(=O)(=O)c2cccs2)cc1. The minimum Gasteiger partial charge on any atom is -0.342 e. The van der Waals surface area contributed by atoms with Gasteiger partial charge in [-0.2, -0.15) is 0 Å². The van der Waals surface area contributed by atoms with Crippen molar-refractivity contribution in [3.05, 3.63) is 72.1 Å². The summed E-state index contributed by atoms with van der Waals surface area (Å²) in [4.78, 5) is 2.16. The number of thiophene rings is 1. The third-order valence-electron chi connectivity index (χ3n) is 3.58. The second-order valence-electron chi connectivity index (χ2n) is 5.16. The van der Waals surface area contributed by atoms with Crippen molar-refractivity contribution < 1.29 is 8.42 Å². The van der Waals surface area contributed by atoms with Gasteiger partial charge in [-0.05, 0) is 54.8 Å². The largest absolute Gasteiger partial charge is 0.342 e. The third kappa shape index (κ3) is 3.60. The van der Waals surface area contributed by atoms with Crippen LogP contribution in [-0.4, -0.2) is 15.0 Å². The van der Waals surface area contributed by atoms with Crippen LogP contribution in [0.5, 0.6) is 0 Å². The summed E-state index contributed by atoms with van der Waals surface area (Å²) >= 11 is 1.20. The normalized spacial score (nSPS) is 11.2. The number of hydrogen-bond donors (Lipinski definition) is 1. The summed E-state index contributed by atoms with van der Waals surface area (Å²) in [5.41, 5.74) is 2.67. The van der Waals surface area contributed by atoms with Crippen LogP contribution in [0, 0.1) is 0 Å². The fourth-order valence-electron chi connectivity index (χ4n) is 2.45. The highest BCUT2D eigenvalue weighted by Crippen LogP contribution is 2.27. The minimum atomic E-state index is -3.51. The van der Waals surface area contributed by atoms with E-state index in [1.54, 1.807) is 29.6 Å². The molecular weight excluding hydrogens is 340 g/mol. The van der Waals surface area contributed by atoms with Gasteiger partial charge in [-0.3, -0.25) is 4.72 Å². The molecule has 0 fully saturated rings. The average molecular weight is 358 g/mol. The topological polar surface area (TPSA) is 49.4 Å². The van der Waals surface area contributed by atoms with Gasteiger partial charge < -0.3 is 4.90 Å². The van der Waals surface area contributed by atoms with Gasteiger partial charge in [0.25, 0.3) is 10.0 Å². The molecule has 6 heteroatoms. The molecule has 0 atom stereocenters. The van der Waals surface area contributed by atoms with Crippen molar-refractivity contribution in [1.29, 1.82) is 0 Å². The van der Waals surface area contributed by atoms with Crippen LogP contribution in [0.15, 0.2) is 76.3 Å². The molecule has 0 aliphatic heterocycles. The summed E-state index contributed by atoms with van der Waals surface area (Å²) in [5.74, 6) is 0. The second-order valence-corrected chi connectivity index (χ2v) is 8.02. The third-order valence-corrected chi connectivity index (χ3v) is 6.35. The lowest BCUT2D eigenvalue weighted by Gasteiger charge is -2.23. The Hall–Kier alpha value is -2.31. The number of benzene rings is 2.